The highest BCUT2D eigenvalue weighted by atomic mass is 35.5. The van der Waals surface area contributed by atoms with Crippen LogP contribution in [0.4, 0.5) is 48.2 Å². The largest absolute Gasteiger partial charge is 0.478 e. The van der Waals surface area contributed by atoms with E-state index in [2.05, 4.69) is 9.97 Å². The van der Waals surface area contributed by atoms with Gasteiger partial charge in [-0.3, -0.25) is 10.1 Å². The second kappa shape index (κ2) is 9.05. The summed E-state index contributed by atoms with van der Waals surface area (Å²) in [6, 6.07) is 3.33. The third kappa shape index (κ3) is 4.71. The molecule has 0 bridgehead atoms. The van der Waals surface area contributed by atoms with Gasteiger partial charge in [0.15, 0.2) is 17.4 Å². The molecule has 3 rings (SSSR count). The van der Waals surface area contributed by atoms with Gasteiger partial charge in [0.25, 0.3) is 5.69 Å². The first kappa shape index (κ1) is 25.7. The Morgan fingerprint density at radius 1 is 1.06 bits per heavy atom. The molecule has 0 radical (unpaired) electrons. The maximum absolute atomic E-state index is 14.3. The van der Waals surface area contributed by atoms with E-state index in [1.165, 1.54) is 6.07 Å². The zero-order valence-electron chi connectivity index (χ0n) is 17.1. The molecule has 0 saturated heterocycles. The molecule has 0 fully saturated rings. The number of nitrogens with zero attached hydrogens (tertiary/aromatic N) is 3. The molecule has 35 heavy (non-hydrogen) atoms. The Labute approximate surface area is 195 Å². The number of hydrogen-bond acceptors (Lipinski definition) is 7. The van der Waals surface area contributed by atoms with Crippen LogP contribution in [0.5, 0.6) is 5.75 Å². The summed E-state index contributed by atoms with van der Waals surface area (Å²) < 4.78 is 99.9. The minimum absolute atomic E-state index is 0.0326. The summed E-state index contributed by atoms with van der Waals surface area (Å²) in [5, 5.41) is 11.0. The first-order valence-corrected chi connectivity index (χ1v) is 9.49. The Morgan fingerprint density at radius 3 is 2.14 bits per heavy atom. The topological polar surface area (TPSA) is 130 Å². The number of alkyl halides is 3. The first-order chi connectivity index (χ1) is 16.1. The molecular weight excluding hydrogens is 515 g/mol. The lowest BCUT2D eigenvalue weighted by Crippen LogP contribution is -2.18. The number of benzene rings is 2. The molecule has 0 aliphatic carbocycles. The molecule has 0 aliphatic rings. The second-order valence-corrected chi connectivity index (χ2v) is 7.28. The van der Waals surface area contributed by atoms with E-state index < -0.39 is 63.4 Å². The van der Waals surface area contributed by atoms with E-state index in [1.54, 1.807) is 0 Å². The number of nitro benzene ring substituents is 1. The summed E-state index contributed by atoms with van der Waals surface area (Å²) in [7, 11) is 0. The van der Waals surface area contributed by atoms with Gasteiger partial charge in [-0.1, -0.05) is 17.7 Å². The first-order valence-electron chi connectivity index (χ1n) is 9.12. The minimum Gasteiger partial charge on any atom is -0.478 e. The summed E-state index contributed by atoms with van der Waals surface area (Å²) in [6.45, 7) is 1.04. The van der Waals surface area contributed by atoms with Crippen molar-refractivity contribution in [3.8, 4) is 16.9 Å². The molecule has 1 heterocycles. The van der Waals surface area contributed by atoms with Gasteiger partial charge in [-0.2, -0.15) is 26.9 Å². The van der Waals surface area contributed by atoms with E-state index in [0.29, 0.717) is 0 Å². The van der Waals surface area contributed by atoms with Crippen LogP contribution in [0.15, 0.2) is 18.2 Å². The second-order valence-electron chi connectivity index (χ2n) is 6.87. The Balaban J connectivity index is 2.17. The number of nitro groups is 1. The minimum atomic E-state index is -5.74. The molecule has 8 nitrogen and oxygen atoms in total. The quantitative estimate of drug-likeness (QED) is 0.192. The lowest BCUT2D eigenvalue weighted by Gasteiger charge is -2.21. The van der Waals surface area contributed by atoms with Crippen LogP contribution in [0, 0.1) is 33.4 Å². The Morgan fingerprint density at radius 2 is 1.63 bits per heavy atom. The maximum atomic E-state index is 14.3. The molecule has 0 spiro atoms. The number of aromatic nitrogens is 2. The van der Waals surface area contributed by atoms with Crippen LogP contribution in [0.2, 0.25) is 5.02 Å². The van der Waals surface area contributed by atoms with Crippen LogP contribution in [0.25, 0.3) is 11.1 Å². The zero-order valence-corrected chi connectivity index (χ0v) is 17.8. The normalized spacial score (nSPS) is 12.5. The molecule has 0 saturated carbocycles. The molecule has 0 amide bonds. The summed E-state index contributed by atoms with van der Waals surface area (Å²) in [4.78, 5) is 17.9. The third-order valence-electron chi connectivity index (χ3n) is 4.60. The van der Waals surface area contributed by atoms with Gasteiger partial charge in [0.1, 0.15) is 22.5 Å². The predicted molar refractivity (Wildman–Crippen MR) is 108 cm³/mol. The van der Waals surface area contributed by atoms with Crippen molar-refractivity contribution >= 4 is 29.1 Å². The van der Waals surface area contributed by atoms with E-state index >= 15 is 0 Å². The molecule has 0 aliphatic heterocycles. The summed E-state index contributed by atoms with van der Waals surface area (Å²) in [6.07, 6.45) is -7.42. The van der Waals surface area contributed by atoms with E-state index in [1.807, 2.05) is 0 Å². The Hall–Kier alpha value is -3.88. The van der Waals surface area contributed by atoms with Gasteiger partial charge in [-0.25, -0.2) is 13.8 Å². The fraction of sp³-hybridized carbons (Fsp3) is 0.158. The Bertz CT molecular complexity index is 1320. The van der Waals surface area contributed by atoms with Gasteiger partial charge in [0.05, 0.1) is 10.6 Å². The van der Waals surface area contributed by atoms with E-state index in [9.17, 15) is 40.8 Å². The maximum Gasteiger partial charge on any atom is 0.422 e. The van der Waals surface area contributed by atoms with Crippen molar-refractivity contribution < 1.29 is 40.4 Å². The highest BCUT2D eigenvalue weighted by Crippen LogP contribution is 2.42. The highest BCUT2D eigenvalue weighted by Gasteiger charge is 2.43. The number of halogens is 8. The van der Waals surface area contributed by atoms with Crippen LogP contribution < -0.4 is 16.2 Å². The van der Waals surface area contributed by atoms with Crippen molar-refractivity contribution in [2.75, 3.05) is 11.5 Å². The average molecular weight is 526 g/mol. The number of hydrogen-bond donors (Lipinski definition) is 2. The number of rotatable bonds is 5. The van der Waals surface area contributed by atoms with Crippen molar-refractivity contribution in [1.29, 1.82) is 0 Å². The number of anilines is 2. The summed E-state index contributed by atoms with van der Waals surface area (Å²) >= 11 is 5.78. The molecular formula is C19H11ClF7N5O3. The van der Waals surface area contributed by atoms with Gasteiger partial charge in [-0.05, 0) is 18.6 Å². The van der Waals surface area contributed by atoms with Crippen molar-refractivity contribution in [3.05, 3.63) is 67.9 Å². The van der Waals surface area contributed by atoms with Crippen molar-refractivity contribution in [2.45, 2.75) is 19.2 Å². The van der Waals surface area contributed by atoms with Gasteiger partial charge in [-0.15, -0.1) is 0 Å². The Kier molecular flexibility index (Phi) is 6.66. The van der Waals surface area contributed by atoms with Crippen LogP contribution in [-0.2, 0) is 6.18 Å². The summed E-state index contributed by atoms with van der Waals surface area (Å²) in [5.41, 5.74) is 7.44. The molecule has 1 atom stereocenters. The van der Waals surface area contributed by atoms with E-state index in [4.69, 9.17) is 27.8 Å². The van der Waals surface area contributed by atoms with Crippen molar-refractivity contribution in [2.24, 2.45) is 0 Å². The molecule has 1 aromatic heterocycles. The van der Waals surface area contributed by atoms with Gasteiger partial charge in [0.2, 0.25) is 17.6 Å². The zero-order chi connectivity index (χ0) is 26.4. The van der Waals surface area contributed by atoms with E-state index in [0.717, 1.165) is 19.1 Å². The molecule has 186 valence electrons. The van der Waals surface area contributed by atoms with Gasteiger partial charge in [0, 0.05) is 11.6 Å². The SMILES string of the molecule is CC(Oc1c(F)c(F)c(C(F)(F)F)c(F)c1F)c1nc(N)nc(N)c1-c1ccc(Cl)c([N+](=O)[O-])c1. The lowest BCUT2D eigenvalue weighted by molar-refractivity contribution is -0.384. The monoisotopic (exact) mass is 525 g/mol. The predicted octanol–water partition coefficient (Wildman–Crippen LogP) is 5.58. The molecule has 2 aromatic carbocycles. The van der Waals surface area contributed by atoms with Crippen molar-refractivity contribution in [3.63, 3.8) is 0 Å². The van der Waals surface area contributed by atoms with Gasteiger partial charge < -0.3 is 16.2 Å². The fourth-order valence-corrected chi connectivity index (χ4v) is 3.30. The smallest absolute Gasteiger partial charge is 0.422 e. The molecule has 3 aromatic rings. The van der Waals surface area contributed by atoms with Crippen LogP contribution in [-0.4, -0.2) is 14.9 Å². The lowest BCUT2D eigenvalue weighted by atomic mass is 10.0. The number of nitrogens with two attached hydrogens (primary N) is 2. The van der Waals surface area contributed by atoms with Crippen LogP contribution in [0.3, 0.4) is 0 Å². The third-order valence-corrected chi connectivity index (χ3v) is 4.92. The highest BCUT2D eigenvalue weighted by molar-refractivity contribution is 6.32. The average Bonchev–Trinajstić information content (AvgIpc) is 2.74. The van der Waals surface area contributed by atoms with Crippen molar-refractivity contribution in [1.82, 2.24) is 9.97 Å². The van der Waals surface area contributed by atoms with Crippen LogP contribution >= 0.6 is 11.6 Å². The van der Waals surface area contributed by atoms with Gasteiger partial charge >= 0.3 is 6.18 Å². The summed E-state index contributed by atoms with van der Waals surface area (Å²) in [5.74, 6) is -13.1. The number of nitrogen functional groups attached to an aromatic ring is 2. The standard InChI is InChI=1S/C19H11ClF7N5O3/c1-5(35-16-13(23)11(21)10(19(25,26)27)12(22)14(16)24)15-9(17(28)31-18(29)30-15)6-2-3-7(20)8(4-6)32(33)34/h2-5H,1H3,(H4,28,29,30,31). The molecule has 1 unspecified atom stereocenters. The molecule has 4 N–H and O–H groups in total. The van der Waals surface area contributed by atoms with E-state index in [-0.39, 0.29) is 27.7 Å². The number of ether oxygens (including phenoxy) is 1. The fourth-order valence-electron chi connectivity index (χ4n) is 3.11. The van der Waals surface area contributed by atoms with Crippen LogP contribution in [0.1, 0.15) is 24.3 Å². The molecule has 16 heteroatoms.